The lowest BCUT2D eigenvalue weighted by molar-refractivity contribution is -0.0334. The van der Waals surface area contributed by atoms with Crippen molar-refractivity contribution < 1.29 is 9.47 Å². The molecular weight excluding hydrogens is 328 g/mol. The van der Waals surface area contributed by atoms with Crippen LogP contribution in [0.4, 0.5) is 0 Å². The zero-order chi connectivity index (χ0) is 18.2. The number of ether oxygens (including phenoxy) is 2. The first-order chi connectivity index (χ1) is 12.7. The van der Waals surface area contributed by atoms with Gasteiger partial charge in [0.2, 0.25) is 0 Å². The van der Waals surface area contributed by atoms with Gasteiger partial charge in [-0.3, -0.25) is 9.89 Å². The average Bonchev–Trinajstić information content (AvgIpc) is 3.19. The predicted octanol–water partition coefficient (Wildman–Crippen LogP) is 1.96. The topological polar surface area (TPSA) is 49.3 Å². The molecule has 0 bridgehead atoms. The van der Waals surface area contributed by atoms with E-state index < -0.39 is 0 Å². The summed E-state index contributed by atoms with van der Waals surface area (Å²) in [5.74, 6) is 1.68. The molecule has 0 spiro atoms. The number of rotatable bonds is 6. The molecule has 2 heterocycles. The number of nitrogens with one attached hydrogen (secondary N) is 1. The number of nitrogens with zero attached hydrogens (tertiary/aromatic N) is 3. The van der Waals surface area contributed by atoms with E-state index in [1.54, 1.807) is 0 Å². The first kappa shape index (κ1) is 19.9. The third-order valence-corrected chi connectivity index (χ3v) is 6.24. The Labute approximate surface area is 159 Å². The fourth-order valence-electron chi connectivity index (χ4n) is 4.71. The van der Waals surface area contributed by atoms with Crippen LogP contribution in [0.25, 0.3) is 0 Å². The zero-order valence-corrected chi connectivity index (χ0v) is 16.8. The summed E-state index contributed by atoms with van der Waals surface area (Å²) >= 11 is 0. The molecule has 1 unspecified atom stereocenters. The molecule has 0 aromatic carbocycles. The Morgan fingerprint density at radius 1 is 1.15 bits per heavy atom. The van der Waals surface area contributed by atoms with E-state index in [0.717, 1.165) is 65.1 Å². The Morgan fingerprint density at radius 2 is 1.92 bits per heavy atom. The maximum absolute atomic E-state index is 5.60. The lowest BCUT2D eigenvalue weighted by Crippen LogP contribution is -2.56. The molecule has 6 heteroatoms. The summed E-state index contributed by atoms with van der Waals surface area (Å²) in [6.45, 7) is 10.6. The molecular formula is C20H38N4O2. The van der Waals surface area contributed by atoms with Crippen molar-refractivity contribution in [2.75, 3.05) is 66.2 Å². The Hall–Kier alpha value is -0.850. The van der Waals surface area contributed by atoms with Crippen molar-refractivity contribution in [3.8, 4) is 0 Å². The van der Waals surface area contributed by atoms with Crippen LogP contribution in [0.5, 0.6) is 0 Å². The van der Waals surface area contributed by atoms with Crippen LogP contribution in [0, 0.1) is 5.92 Å². The third-order valence-electron chi connectivity index (χ3n) is 6.24. The smallest absolute Gasteiger partial charge is 0.193 e. The molecule has 1 saturated carbocycles. The lowest BCUT2D eigenvalue weighted by Gasteiger charge is -2.47. The van der Waals surface area contributed by atoms with Gasteiger partial charge in [-0.15, -0.1) is 0 Å². The van der Waals surface area contributed by atoms with Gasteiger partial charge in [0.25, 0.3) is 0 Å². The van der Waals surface area contributed by atoms with E-state index in [2.05, 4.69) is 29.1 Å². The van der Waals surface area contributed by atoms with Crippen LogP contribution >= 0.6 is 0 Å². The van der Waals surface area contributed by atoms with E-state index >= 15 is 0 Å². The predicted molar refractivity (Wildman–Crippen MR) is 106 cm³/mol. The minimum atomic E-state index is 0.236. The van der Waals surface area contributed by atoms with Crippen LogP contribution in [-0.2, 0) is 9.47 Å². The number of guanidine groups is 1. The number of hydrogen-bond donors (Lipinski definition) is 1. The lowest BCUT2D eigenvalue weighted by atomic mass is 9.80. The maximum Gasteiger partial charge on any atom is 0.193 e. The van der Waals surface area contributed by atoms with Gasteiger partial charge in [-0.1, -0.05) is 19.3 Å². The highest BCUT2D eigenvalue weighted by Crippen LogP contribution is 2.34. The van der Waals surface area contributed by atoms with Crippen molar-refractivity contribution in [2.45, 2.75) is 51.0 Å². The van der Waals surface area contributed by atoms with Gasteiger partial charge in [0, 0.05) is 51.3 Å². The molecule has 2 aliphatic heterocycles. The Bertz CT molecular complexity index is 439. The Balaban J connectivity index is 1.67. The third kappa shape index (κ3) is 5.11. The van der Waals surface area contributed by atoms with Gasteiger partial charge in [-0.05, 0) is 26.2 Å². The molecule has 0 aromatic rings. The highest BCUT2D eigenvalue weighted by molar-refractivity contribution is 5.79. The largest absolute Gasteiger partial charge is 0.381 e. The molecule has 3 fully saturated rings. The van der Waals surface area contributed by atoms with Crippen molar-refractivity contribution in [2.24, 2.45) is 10.9 Å². The van der Waals surface area contributed by atoms with Gasteiger partial charge in [-0.25, -0.2) is 0 Å². The summed E-state index contributed by atoms with van der Waals surface area (Å²) in [5, 5.41) is 3.51. The summed E-state index contributed by atoms with van der Waals surface area (Å²) in [4.78, 5) is 10.1. The van der Waals surface area contributed by atoms with E-state index in [1.165, 1.54) is 38.5 Å². The normalized spacial score (nSPS) is 27.5. The van der Waals surface area contributed by atoms with Crippen molar-refractivity contribution in [3.05, 3.63) is 0 Å². The van der Waals surface area contributed by atoms with Crippen molar-refractivity contribution in [3.63, 3.8) is 0 Å². The molecule has 26 heavy (non-hydrogen) atoms. The zero-order valence-electron chi connectivity index (χ0n) is 16.8. The van der Waals surface area contributed by atoms with Gasteiger partial charge in [-0.2, -0.15) is 0 Å². The summed E-state index contributed by atoms with van der Waals surface area (Å²) in [6, 6.07) is 0. The highest BCUT2D eigenvalue weighted by Gasteiger charge is 2.38. The summed E-state index contributed by atoms with van der Waals surface area (Å²) in [5.41, 5.74) is 0.236. The molecule has 150 valence electrons. The second-order valence-electron chi connectivity index (χ2n) is 8.16. The monoisotopic (exact) mass is 366 g/mol. The number of morpholine rings is 1. The van der Waals surface area contributed by atoms with Crippen molar-refractivity contribution >= 4 is 5.96 Å². The Kier molecular flexibility index (Phi) is 7.58. The molecule has 3 aliphatic rings. The molecule has 6 nitrogen and oxygen atoms in total. The van der Waals surface area contributed by atoms with E-state index in [4.69, 9.17) is 14.5 Å². The van der Waals surface area contributed by atoms with Crippen molar-refractivity contribution in [1.29, 1.82) is 0 Å². The maximum atomic E-state index is 5.60. The van der Waals surface area contributed by atoms with Crippen LogP contribution in [0.1, 0.15) is 45.4 Å². The Morgan fingerprint density at radius 3 is 2.58 bits per heavy atom. The van der Waals surface area contributed by atoms with Gasteiger partial charge < -0.3 is 19.7 Å². The summed E-state index contributed by atoms with van der Waals surface area (Å²) in [7, 11) is 2.17. The summed E-state index contributed by atoms with van der Waals surface area (Å²) in [6.07, 6.45) is 7.75. The molecule has 1 N–H and O–H groups in total. The number of hydrogen-bond acceptors (Lipinski definition) is 4. The molecule has 0 aromatic heterocycles. The SMILES string of the molecule is CCNC(=NCC1(N2CCOCC2)CCCCC1)N(C)CC1CCOC1. The molecule has 1 atom stereocenters. The first-order valence-corrected chi connectivity index (χ1v) is 10.6. The second kappa shape index (κ2) is 9.90. The van der Waals surface area contributed by atoms with Crippen molar-refractivity contribution in [1.82, 2.24) is 15.1 Å². The molecule has 2 saturated heterocycles. The molecule has 3 rings (SSSR count). The van der Waals surface area contributed by atoms with E-state index in [-0.39, 0.29) is 5.54 Å². The molecule has 0 amide bonds. The minimum Gasteiger partial charge on any atom is -0.381 e. The van der Waals surface area contributed by atoms with Gasteiger partial charge in [0.05, 0.1) is 26.4 Å². The van der Waals surface area contributed by atoms with Crippen LogP contribution in [0.2, 0.25) is 0 Å². The second-order valence-corrected chi connectivity index (χ2v) is 8.16. The van der Waals surface area contributed by atoms with Crippen LogP contribution in [0.15, 0.2) is 4.99 Å². The standard InChI is InChI=1S/C20H38N4O2/c1-3-21-19(23(2)15-18-7-12-26-16-18)22-17-20(8-5-4-6-9-20)24-10-13-25-14-11-24/h18H,3-17H2,1-2H3,(H,21,22). The molecule has 0 radical (unpaired) electrons. The van der Waals surface area contributed by atoms with Crippen LogP contribution in [0.3, 0.4) is 0 Å². The van der Waals surface area contributed by atoms with Crippen LogP contribution in [-0.4, -0.2) is 87.5 Å². The van der Waals surface area contributed by atoms with E-state index in [1.807, 2.05) is 0 Å². The van der Waals surface area contributed by atoms with Gasteiger partial charge in [0.1, 0.15) is 0 Å². The van der Waals surface area contributed by atoms with Gasteiger partial charge in [0.15, 0.2) is 5.96 Å². The van der Waals surface area contributed by atoms with Crippen LogP contribution < -0.4 is 5.32 Å². The fraction of sp³-hybridized carbons (Fsp3) is 0.950. The highest BCUT2D eigenvalue weighted by atomic mass is 16.5. The average molecular weight is 367 g/mol. The molecule has 1 aliphatic carbocycles. The van der Waals surface area contributed by atoms with E-state index in [0.29, 0.717) is 5.92 Å². The van der Waals surface area contributed by atoms with E-state index in [9.17, 15) is 0 Å². The fourth-order valence-corrected chi connectivity index (χ4v) is 4.71. The quantitative estimate of drug-likeness (QED) is 0.575. The van der Waals surface area contributed by atoms with Gasteiger partial charge >= 0.3 is 0 Å². The summed E-state index contributed by atoms with van der Waals surface area (Å²) < 4.78 is 11.1. The minimum absolute atomic E-state index is 0.236. The first-order valence-electron chi connectivity index (χ1n) is 10.6. The number of aliphatic imine (C=N–C) groups is 1.